The molecule has 0 saturated carbocycles. The summed E-state index contributed by atoms with van der Waals surface area (Å²) >= 11 is 0. The highest BCUT2D eigenvalue weighted by atomic mass is 19.2. The number of hydrogen-bond acceptors (Lipinski definition) is 4. The zero-order chi connectivity index (χ0) is 23.5. The first-order valence-corrected chi connectivity index (χ1v) is 10.1. The van der Waals surface area contributed by atoms with Crippen molar-refractivity contribution in [3.05, 3.63) is 101 Å². The molecule has 8 heteroatoms. The van der Waals surface area contributed by atoms with Gasteiger partial charge in [0.05, 0.1) is 12.1 Å². The van der Waals surface area contributed by atoms with Crippen LogP contribution in [0, 0.1) is 11.6 Å². The van der Waals surface area contributed by atoms with E-state index in [1.807, 2.05) is 6.07 Å². The van der Waals surface area contributed by atoms with Gasteiger partial charge in [-0.25, -0.2) is 8.78 Å². The molecular formula is C25H19F2N3O3. The molecule has 1 aliphatic rings. The molecule has 6 nitrogen and oxygen atoms in total. The fourth-order valence-electron chi connectivity index (χ4n) is 3.51. The van der Waals surface area contributed by atoms with E-state index in [-0.39, 0.29) is 29.4 Å². The quantitative estimate of drug-likeness (QED) is 0.552. The smallest absolute Gasteiger partial charge is 0.278 e. The van der Waals surface area contributed by atoms with Gasteiger partial charge in [-0.3, -0.25) is 19.3 Å². The van der Waals surface area contributed by atoms with Gasteiger partial charge in [-0.15, -0.1) is 0 Å². The summed E-state index contributed by atoms with van der Waals surface area (Å²) in [6, 6.07) is 18.6. The Morgan fingerprint density at radius 2 is 1.52 bits per heavy atom. The van der Waals surface area contributed by atoms with Crippen LogP contribution in [-0.4, -0.2) is 22.6 Å². The second-order valence-corrected chi connectivity index (χ2v) is 7.44. The molecule has 3 aromatic rings. The van der Waals surface area contributed by atoms with Crippen LogP contribution in [0.3, 0.4) is 0 Å². The van der Waals surface area contributed by atoms with Crippen LogP contribution in [0.1, 0.15) is 18.1 Å². The van der Waals surface area contributed by atoms with Gasteiger partial charge in [-0.05, 0) is 35.4 Å². The molecule has 0 spiro atoms. The van der Waals surface area contributed by atoms with Gasteiger partial charge in [0, 0.05) is 24.4 Å². The molecule has 0 aliphatic carbocycles. The highest BCUT2D eigenvalue weighted by Gasteiger charge is 2.39. The molecule has 3 aromatic carbocycles. The summed E-state index contributed by atoms with van der Waals surface area (Å²) in [6.45, 7) is 1.43. The number of hydrogen-bond donors (Lipinski definition) is 2. The van der Waals surface area contributed by atoms with Crippen LogP contribution < -0.4 is 10.6 Å². The maximum Gasteiger partial charge on any atom is 0.278 e. The lowest BCUT2D eigenvalue weighted by Gasteiger charge is -2.15. The number of carbonyl (C=O) groups excluding carboxylic acids is 3. The molecule has 2 N–H and O–H groups in total. The predicted octanol–water partition coefficient (Wildman–Crippen LogP) is 4.32. The highest BCUT2D eigenvalue weighted by molar-refractivity contribution is 6.36. The summed E-state index contributed by atoms with van der Waals surface area (Å²) in [4.78, 5) is 38.9. The van der Waals surface area contributed by atoms with E-state index in [1.54, 1.807) is 48.5 Å². The van der Waals surface area contributed by atoms with Crippen molar-refractivity contribution in [1.82, 2.24) is 4.90 Å². The minimum absolute atomic E-state index is 0.0470. The molecule has 166 valence electrons. The number of anilines is 2. The van der Waals surface area contributed by atoms with Crippen LogP contribution in [0.2, 0.25) is 0 Å². The number of nitrogens with zero attached hydrogens (tertiary/aromatic N) is 1. The molecule has 0 saturated heterocycles. The van der Waals surface area contributed by atoms with Crippen molar-refractivity contribution in [1.29, 1.82) is 0 Å². The first-order valence-electron chi connectivity index (χ1n) is 10.1. The SMILES string of the molecule is CC(=O)Nc1ccc(C2=C(Nc3ccc(F)c(F)c3)C(=O)N(Cc3ccccc3)C2=O)cc1. The van der Waals surface area contributed by atoms with E-state index in [0.29, 0.717) is 11.3 Å². The Balaban J connectivity index is 1.73. The fraction of sp³-hybridized carbons (Fsp3) is 0.0800. The van der Waals surface area contributed by atoms with Crippen LogP contribution in [0.25, 0.3) is 5.57 Å². The third-order valence-corrected chi connectivity index (χ3v) is 5.03. The second kappa shape index (κ2) is 9.04. The molecule has 4 rings (SSSR count). The maximum absolute atomic E-state index is 13.7. The van der Waals surface area contributed by atoms with Crippen molar-refractivity contribution in [3.63, 3.8) is 0 Å². The van der Waals surface area contributed by atoms with Crippen LogP contribution in [0.15, 0.2) is 78.5 Å². The van der Waals surface area contributed by atoms with Gasteiger partial charge in [-0.1, -0.05) is 42.5 Å². The highest BCUT2D eigenvalue weighted by Crippen LogP contribution is 2.32. The molecule has 33 heavy (non-hydrogen) atoms. The predicted molar refractivity (Wildman–Crippen MR) is 120 cm³/mol. The Hall–Kier alpha value is -4.33. The van der Waals surface area contributed by atoms with E-state index >= 15 is 0 Å². The minimum atomic E-state index is -1.08. The van der Waals surface area contributed by atoms with Crippen molar-refractivity contribution in [2.75, 3.05) is 10.6 Å². The number of carbonyl (C=O) groups is 3. The van der Waals surface area contributed by atoms with Crippen LogP contribution in [0.5, 0.6) is 0 Å². The first kappa shape index (κ1) is 21.9. The Kier molecular flexibility index (Phi) is 5.99. The number of benzene rings is 3. The summed E-state index contributed by atoms with van der Waals surface area (Å²) in [6.07, 6.45) is 0. The molecule has 0 fully saturated rings. The molecule has 0 radical (unpaired) electrons. The summed E-state index contributed by atoms with van der Waals surface area (Å²) in [5.41, 5.74) is 1.89. The molecule has 1 aliphatic heterocycles. The van der Waals surface area contributed by atoms with Crippen LogP contribution in [0.4, 0.5) is 20.2 Å². The van der Waals surface area contributed by atoms with Crippen molar-refractivity contribution in [2.24, 2.45) is 0 Å². The van der Waals surface area contributed by atoms with E-state index < -0.39 is 23.4 Å². The van der Waals surface area contributed by atoms with E-state index in [9.17, 15) is 23.2 Å². The lowest BCUT2D eigenvalue weighted by molar-refractivity contribution is -0.137. The van der Waals surface area contributed by atoms with Gasteiger partial charge in [0.1, 0.15) is 5.70 Å². The van der Waals surface area contributed by atoms with Crippen molar-refractivity contribution in [3.8, 4) is 0 Å². The fourth-order valence-corrected chi connectivity index (χ4v) is 3.51. The summed E-state index contributed by atoms with van der Waals surface area (Å²) < 4.78 is 27.1. The van der Waals surface area contributed by atoms with Gasteiger partial charge < -0.3 is 10.6 Å². The van der Waals surface area contributed by atoms with Gasteiger partial charge in [-0.2, -0.15) is 0 Å². The van der Waals surface area contributed by atoms with E-state index in [1.165, 1.54) is 13.0 Å². The number of amides is 3. The third-order valence-electron chi connectivity index (χ3n) is 5.03. The van der Waals surface area contributed by atoms with Crippen molar-refractivity contribution in [2.45, 2.75) is 13.5 Å². The number of nitrogens with one attached hydrogen (secondary N) is 2. The number of rotatable bonds is 6. The molecule has 1 heterocycles. The van der Waals surface area contributed by atoms with Crippen molar-refractivity contribution >= 4 is 34.7 Å². The summed E-state index contributed by atoms with van der Waals surface area (Å²) in [5, 5.41) is 5.43. The minimum Gasteiger partial charge on any atom is -0.350 e. The van der Waals surface area contributed by atoms with Crippen molar-refractivity contribution < 1.29 is 23.2 Å². The lowest BCUT2D eigenvalue weighted by Crippen LogP contribution is -2.32. The molecule has 3 amide bonds. The molecule has 0 unspecified atom stereocenters. The lowest BCUT2D eigenvalue weighted by atomic mass is 10.0. The Labute approximate surface area is 188 Å². The zero-order valence-corrected chi connectivity index (χ0v) is 17.6. The van der Waals surface area contributed by atoms with E-state index in [2.05, 4.69) is 10.6 Å². The van der Waals surface area contributed by atoms with Gasteiger partial charge >= 0.3 is 0 Å². The standard InChI is InChI=1S/C25H19F2N3O3/c1-15(31)28-18-9-7-17(8-10-18)22-23(29-19-11-12-20(26)21(27)13-19)25(33)30(24(22)32)14-16-5-3-2-4-6-16/h2-13,29H,14H2,1H3,(H,28,31). The first-order chi connectivity index (χ1) is 15.8. The topological polar surface area (TPSA) is 78.5 Å². The zero-order valence-electron chi connectivity index (χ0n) is 17.6. The monoisotopic (exact) mass is 447 g/mol. The van der Waals surface area contributed by atoms with Gasteiger partial charge in [0.2, 0.25) is 5.91 Å². The largest absolute Gasteiger partial charge is 0.350 e. The van der Waals surface area contributed by atoms with Gasteiger partial charge in [0.15, 0.2) is 11.6 Å². The number of imide groups is 1. The average Bonchev–Trinajstić information content (AvgIpc) is 3.01. The number of halogens is 2. The molecule has 0 bridgehead atoms. The Bertz CT molecular complexity index is 1270. The Morgan fingerprint density at radius 3 is 2.15 bits per heavy atom. The summed E-state index contributed by atoms with van der Waals surface area (Å²) in [7, 11) is 0. The normalized spacial score (nSPS) is 13.5. The van der Waals surface area contributed by atoms with Gasteiger partial charge in [0.25, 0.3) is 11.8 Å². The Morgan fingerprint density at radius 1 is 0.848 bits per heavy atom. The molecule has 0 aromatic heterocycles. The van der Waals surface area contributed by atoms with E-state index in [0.717, 1.165) is 22.6 Å². The maximum atomic E-state index is 13.7. The molecular weight excluding hydrogens is 428 g/mol. The average molecular weight is 447 g/mol. The van der Waals surface area contributed by atoms with Crippen LogP contribution >= 0.6 is 0 Å². The second-order valence-electron chi connectivity index (χ2n) is 7.44. The third kappa shape index (κ3) is 4.64. The molecule has 0 atom stereocenters. The summed E-state index contributed by atoms with van der Waals surface area (Å²) in [5.74, 6) is -3.47. The van der Waals surface area contributed by atoms with E-state index in [4.69, 9.17) is 0 Å². The van der Waals surface area contributed by atoms with Crippen LogP contribution in [-0.2, 0) is 20.9 Å².